The minimum absolute atomic E-state index is 0.0364. The van der Waals surface area contributed by atoms with Gasteiger partial charge in [0.1, 0.15) is 0 Å². The molecule has 1 amide bonds. The van der Waals surface area contributed by atoms with Gasteiger partial charge >= 0.3 is 0 Å². The van der Waals surface area contributed by atoms with Crippen LogP contribution in [0.4, 0.5) is 0 Å². The zero-order valence-corrected chi connectivity index (χ0v) is 19.2. The highest BCUT2D eigenvalue weighted by molar-refractivity contribution is 5.80. The number of nitrogens with one attached hydrogen (secondary N) is 1. The van der Waals surface area contributed by atoms with Crippen molar-refractivity contribution in [1.29, 1.82) is 0 Å². The molecule has 2 N–H and O–H groups in total. The van der Waals surface area contributed by atoms with Crippen molar-refractivity contribution in [3.05, 3.63) is 75.7 Å². The van der Waals surface area contributed by atoms with Crippen molar-refractivity contribution in [3.8, 4) is 0 Å². The van der Waals surface area contributed by atoms with E-state index in [1.807, 2.05) is 41.9 Å². The molecule has 1 aromatic carbocycles. The smallest absolute Gasteiger partial charge is 0.258 e. The fraction of sp³-hybridized carbons (Fsp3) is 0.481. The van der Waals surface area contributed by atoms with Gasteiger partial charge in [0.05, 0.1) is 12.0 Å². The average molecular weight is 448 g/mol. The van der Waals surface area contributed by atoms with Crippen LogP contribution in [0.3, 0.4) is 0 Å². The number of carbonyl (C=O) groups excluding carboxylic acids is 1. The van der Waals surface area contributed by atoms with Crippen LogP contribution < -0.4 is 10.9 Å². The second-order valence-corrected chi connectivity index (χ2v) is 9.64. The van der Waals surface area contributed by atoms with Gasteiger partial charge < -0.3 is 15.0 Å². The van der Waals surface area contributed by atoms with Crippen LogP contribution >= 0.6 is 0 Å². The van der Waals surface area contributed by atoms with Crippen molar-refractivity contribution < 1.29 is 9.90 Å². The standard InChI is InChI=1S/C27H33N3O3/c1-29-23-16-30-22(13-12-20(27(30)33)19-10-6-3-7-11-19)25(29)24(21(23)17-31)26(32)28-15-14-18-8-4-2-5-9-18/h2,4-5,8-10,12-13,21,23-25,31H,3,6-7,11,14-17H2,1H3,(H,28,32)/t21-,23-,24+,25+/m1/s1. The lowest BCUT2D eigenvalue weighted by atomic mass is 9.86. The second kappa shape index (κ2) is 9.27. The first-order chi connectivity index (χ1) is 16.1. The summed E-state index contributed by atoms with van der Waals surface area (Å²) in [6, 6.07) is 13.8. The van der Waals surface area contributed by atoms with Crippen molar-refractivity contribution in [1.82, 2.24) is 14.8 Å². The lowest BCUT2D eigenvalue weighted by Gasteiger charge is -2.35. The van der Waals surface area contributed by atoms with E-state index in [1.165, 1.54) is 12.0 Å². The molecule has 1 saturated heterocycles. The Morgan fingerprint density at radius 2 is 1.97 bits per heavy atom. The molecule has 1 aliphatic carbocycles. The molecular formula is C27H33N3O3. The van der Waals surface area contributed by atoms with E-state index in [1.54, 1.807) is 0 Å². The Morgan fingerprint density at radius 3 is 2.70 bits per heavy atom. The molecule has 0 radical (unpaired) electrons. The van der Waals surface area contributed by atoms with Gasteiger partial charge in [-0.05, 0) is 62.4 Å². The summed E-state index contributed by atoms with van der Waals surface area (Å²) in [5.74, 6) is -0.619. The normalized spacial score (nSPS) is 26.5. The maximum Gasteiger partial charge on any atom is 0.258 e. The number of aliphatic hydroxyl groups is 1. The van der Waals surface area contributed by atoms with Crippen LogP contribution in [0.1, 0.15) is 48.5 Å². The molecule has 2 aromatic rings. The van der Waals surface area contributed by atoms with Crippen LogP contribution in [0.25, 0.3) is 5.57 Å². The summed E-state index contributed by atoms with van der Waals surface area (Å²) in [5.41, 5.74) is 4.07. The van der Waals surface area contributed by atoms with Crippen molar-refractivity contribution >= 4 is 11.5 Å². The summed E-state index contributed by atoms with van der Waals surface area (Å²) < 4.78 is 1.88. The summed E-state index contributed by atoms with van der Waals surface area (Å²) in [6.07, 6.45) is 7.26. The Bertz CT molecular complexity index is 1110. The highest BCUT2D eigenvalue weighted by Gasteiger charge is 2.54. The lowest BCUT2D eigenvalue weighted by Crippen LogP contribution is -2.45. The molecule has 2 bridgehead atoms. The highest BCUT2D eigenvalue weighted by atomic mass is 16.3. The molecule has 1 aromatic heterocycles. The third-order valence-corrected chi connectivity index (χ3v) is 7.84. The topological polar surface area (TPSA) is 74.6 Å². The molecule has 2 aliphatic heterocycles. The number of fused-ring (bicyclic) bond motifs is 4. The van der Waals surface area contributed by atoms with Gasteiger partial charge in [0, 0.05) is 42.9 Å². The van der Waals surface area contributed by atoms with E-state index >= 15 is 0 Å². The molecule has 5 rings (SSSR count). The van der Waals surface area contributed by atoms with Crippen LogP contribution in [0.15, 0.2) is 53.3 Å². The molecule has 3 heterocycles. The number of pyridine rings is 1. The van der Waals surface area contributed by atoms with Crippen LogP contribution in [-0.4, -0.2) is 46.7 Å². The minimum Gasteiger partial charge on any atom is -0.396 e. The van der Waals surface area contributed by atoms with Crippen molar-refractivity contribution in [3.63, 3.8) is 0 Å². The number of hydrogen-bond donors (Lipinski definition) is 2. The Balaban J connectivity index is 1.41. The van der Waals surface area contributed by atoms with Crippen LogP contribution in [-0.2, 0) is 17.8 Å². The van der Waals surface area contributed by atoms with Crippen molar-refractivity contribution in [2.75, 3.05) is 20.2 Å². The molecule has 33 heavy (non-hydrogen) atoms. The third-order valence-electron chi connectivity index (χ3n) is 7.84. The number of nitrogens with zero attached hydrogens (tertiary/aromatic N) is 2. The maximum absolute atomic E-state index is 13.5. The zero-order valence-electron chi connectivity index (χ0n) is 19.2. The summed E-state index contributed by atoms with van der Waals surface area (Å²) in [5, 5.41) is 13.4. The fourth-order valence-corrected chi connectivity index (χ4v) is 6.11. The first kappa shape index (κ1) is 22.1. The van der Waals surface area contributed by atoms with Gasteiger partial charge in [-0.15, -0.1) is 0 Å². The maximum atomic E-state index is 13.5. The molecule has 174 valence electrons. The van der Waals surface area contributed by atoms with Crippen LogP contribution in [0, 0.1) is 11.8 Å². The van der Waals surface area contributed by atoms with Gasteiger partial charge in [0.25, 0.3) is 5.56 Å². The summed E-state index contributed by atoms with van der Waals surface area (Å²) in [4.78, 5) is 29.0. The van der Waals surface area contributed by atoms with Gasteiger partial charge in [-0.2, -0.15) is 0 Å². The molecule has 0 spiro atoms. The minimum atomic E-state index is -0.381. The molecule has 6 nitrogen and oxygen atoms in total. The van der Waals surface area contributed by atoms with E-state index < -0.39 is 0 Å². The first-order valence-corrected chi connectivity index (χ1v) is 12.2. The van der Waals surface area contributed by atoms with E-state index in [-0.39, 0.29) is 42.0 Å². The number of allylic oxidation sites excluding steroid dienone is 2. The number of benzene rings is 1. The quantitative estimate of drug-likeness (QED) is 0.714. The van der Waals surface area contributed by atoms with Gasteiger partial charge in [-0.25, -0.2) is 0 Å². The van der Waals surface area contributed by atoms with Crippen molar-refractivity contribution in [2.45, 2.75) is 50.7 Å². The molecule has 4 atom stereocenters. The third kappa shape index (κ3) is 3.96. The Labute approximate surface area is 194 Å². The Kier molecular flexibility index (Phi) is 6.21. The van der Waals surface area contributed by atoms with Gasteiger partial charge in [0.2, 0.25) is 5.91 Å². The Hall–Kier alpha value is -2.70. The van der Waals surface area contributed by atoms with E-state index in [9.17, 15) is 14.7 Å². The van der Waals surface area contributed by atoms with Gasteiger partial charge in [0.15, 0.2) is 0 Å². The van der Waals surface area contributed by atoms with E-state index in [4.69, 9.17) is 0 Å². The number of likely N-dealkylation sites (N-methyl/N-ethyl adjacent to an activating group) is 1. The predicted octanol–water partition coefficient (Wildman–Crippen LogP) is 2.76. The lowest BCUT2D eigenvalue weighted by molar-refractivity contribution is -0.127. The van der Waals surface area contributed by atoms with E-state index in [2.05, 4.69) is 28.4 Å². The average Bonchev–Trinajstić information content (AvgIpc) is 3.02. The number of aromatic nitrogens is 1. The van der Waals surface area contributed by atoms with Gasteiger partial charge in [-0.1, -0.05) is 36.4 Å². The fourth-order valence-electron chi connectivity index (χ4n) is 6.11. The highest BCUT2D eigenvalue weighted by Crippen LogP contribution is 2.47. The van der Waals surface area contributed by atoms with Crippen LogP contribution in [0.5, 0.6) is 0 Å². The zero-order chi connectivity index (χ0) is 22.9. The molecule has 0 saturated carbocycles. The number of amides is 1. The summed E-state index contributed by atoms with van der Waals surface area (Å²) in [6.45, 7) is 1.00. The van der Waals surface area contributed by atoms with Crippen LogP contribution in [0.2, 0.25) is 0 Å². The number of carbonyl (C=O) groups is 1. The van der Waals surface area contributed by atoms with Gasteiger partial charge in [-0.3, -0.25) is 14.5 Å². The number of rotatable bonds is 6. The molecule has 3 aliphatic rings. The molecular weight excluding hydrogens is 414 g/mol. The molecule has 0 unspecified atom stereocenters. The van der Waals surface area contributed by atoms with E-state index in [0.29, 0.717) is 13.1 Å². The number of hydrogen-bond acceptors (Lipinski definition) is 4. The SMILES string of the molecule is CN1[C@@H]2Cn3c(ccc(C4=CCCCC4)c3=O)[C@H]1[C@@H](C(=O)NCCc1ccccc1)[C@@H]2CO. The molecule has 6 heteroatoms. The van der Waals surface area contributed by atoms with E-state index in [0.717, 1.165) is 42.5 Å². The second-order valence-electron chi connectivity index (χ2n) is 9.64. The van der Waals surface area contributed by atoms with Crippen molar-refractivity contribution in [2.24, 2.45) is 11.8 Å². The monoisotopic (exact) mass is 447 g/mol. The predicted molar refractivity (Wildman–Crippen MR) is 129 cm³/mol. The summed E-state index contributed by atoms with van der Waals surface area (Å²) in [7, 11) is 2.01. The summed E-state index contributed by atoms with van der Waals surface area (Å²) >= 11 is 0. The Morgan fingerprint density at radius 1 is 1.15 bits per heavy atom. The number of aliphatic hydroxyl groups excluding tert-OH is 1. The largest absolute Gasteiger partial charge is 0.396 e. The molecule has 1 fully saturated rings. The first-order valence-electron chi connectivity index (χ1n) is 12.2.